The van der Waals surface area contributed by atoms with Gasteiger partial charge in [0.25, 0.3) is 0 Å². The first-order valence-corrected chi connectivity index (χ1v) is 11.3. The number of carbonyl (C=O) groups is 1. The number of ether oxygens (including phenoxy) is 2. The molecule has 160 valence electrons. The number of sulfonamides is 1. The predicted octanol–water partition coefficient (Wildman–Crippen LogP) is 3.16. The number of nitrogens with one attached hydrogen (secondary N) is 1. The molecule has 1 aliphatic heterocycles. The quantitative estimate of drug-likeness (QED) is 0.726. The van der Waals surface area contributed by atoms with E-state index < -0.39 is 10.0 Å². The molecule has 8 nitrogen and oxygen atoms in total. The van der Waals surface area contributed by atoms with E-state index in [0.29, 0.717) is 35.7 Å². The second-order valence-corrected chi connectivity index (χ2v) is 8.67. The second-order valence-electron chi connectivity index (χ2n) is 6.92. The molecule has 0 unspecified atom stereocenters. The lowest BCUT2D eigenvalue weighted by molar-refractivity contribution is -0.132. The highest BCUT2D eigenvalue weighted by atomic mass is 32.2. The molecule has 1 N–H and O–H groups in total. The van der Waals surface area contributed by atoms with E-state index in [-0.39, 0.29) is 11.9 Å². The first-order valence-electron chi connectivity index (χ1n) is 9.45. The summed E-state index contributed by atoms with van der Waals surface area (Å²) in [4.78, 5) is 12.6. The van der Waals surface area contributed by atoms with Crippen LogP contribution in [0.3, 0.4) is 0 Å². The van der Waals surface area contributed by atoms with Crippen LogP contribution in [0.15, 0.2) is 47.6 Å². The third-order valence-electron chi connectivity index (χ3n) is 4.76. The molecule has 0 saturated heterocycles. The van der Waals surface area contributed by atoms with Gasteiger partial charge in [-0.1, -0.05) is 19.1 Å². The molecule has 1 atom stereocenters. The number of carbonyl (C=O) groups excluding carboxylic acids is 1. The summed E-state index contributed by atoms with van der Waals surface area (Å²) in [5, 5.41) is 6.06. The number of nitrogens with zero attached hydrogens (tertiary/aromatic N) is 2. The standard InChI is InChI=1S/C21H25N3O5S/c1-5-21(25)24-19(17-12-16(28-2)9-10-20(17)29-3)13-18(22-24)14-7-6-8-15(11-14)23-30(4,26)27/h6-12,19,23H,5,13H2,1-4H3/t19-/m0/s1. The van der Waals surface area contributed by atoms with Gasteiger partial charge < -0.3 is 9.47 Å². The molecular weight excluding hydrogens is 406 g/mol. The number of hydrazone groups is 1. The molecule has 0 radical (unpaired) electrons. The smallest absolute Gasteiger partial charge is 0.242 e. The minimum absolute atomic E-state index is 0.120. The van der Waals surface area contributed by atoms with Crippen molar-refractivity contribution < 1.29 is 22.7 Å². The molecule has 3 rings (SSSR count). The van der Waals surface area contributed by atoms with Crippen LogP contribution in [0, 0.1) is 0 Å². The van der Waals surface area contributed by atoms with Crippen molar-refractivity contribution in [1.82, 2.24) is 5.01 Å². The molecule has 2 aromatic rings. The maximum Gasteiger partial charge on any atom is 0.242 e. The van der Waals surface area contributed by atoms with Crippen LogP contribution >= 0.6 is 0 Å². The number of rotatable bonds is 7. The van der Waals surface area contributed by atoms with Gasteiger partial charge >= 0.3 is 0 Å². The SMILES string of the molecule is CCC(=O)N1N=C(c2cccc(NS(C)(=O)=O)c2)C[C@H]1c1cc(OC)ccc1OC. The van der Waals surface area contributed by atoms with E-state index in [1.54, 1.807) is 51.5 Å². The largest absolute Gasteiger partial charge is 0.497 e. The van der Waals surface area contributed by atoms with Crippen LogP contribution in [-0.2, 0) is 14.8 Å². The summed E-state index contributed by atoms with van der Waals surface area (Å²) in [7, 11) is -0.242. The molecular formula is C21H25N3O5S. The Morgan fingerprint density at radius 2 is 1.97 bits per heavy atom. The Bertz CT molecular complexity index is 1080. The first-order chi connectivity index (χ1) is 14.3. The molecule has 30 heavy (non-hydrogen) atoms. The topological polar surface area (TPSA) is 97.3 Å². The molecule has 1 aliphatic rings. The number of methoxy groups -OCH3 is 2. The maximum absolute atomic E-state index is 12.6. The van der Waals surface area contributed by atoms with Crippen molar-refractivity contribution in [3.63, 3.8) is 0 Å². The summed E-state index contributed by atoms with van der Waals surface area (Å²) in [6, 6.07) is 12.0. The Morgan fingerprint density at radius 1 is 1.20 bits per heavy atom. The van der Waals surface area contributed by atoms with E-state index in [1.165, 1.54) is 5.01 Å². The Hall–Kier alpha value is -3.07. The summed E-state index contributed by atoms with van der Waals surface area (Å²) in [5.41, 5.74) is 2.65. The minimum Gasteiger partial charge on any atom is -0.497 e. The van der Waals surface area contributed by atoms with Crippen molar-refractivity contribution in [1.29, 1.82) is 0 Å². The zero-order valence-electron chi connectivity index (χ0n) is 17.4. The van der Waals surface area contributed by atoms with Crippen molar-refractivity contribution in [3.8, 4) is 11.5 Å². The fourth-order valence-electron chi connectivity index (χ4n) is 3.40. The number of hydrogen-bond acceptors (Lipinski definition) is 6. The molecule has 0 aromatic heterocycles. The third-order valence-corrected chi connectivity index (χ3v) is 5.37. The summed E-state index contributed by atoms with van der Waals surface area (Å²) >= 11 is 0. The molecule has 0 saturated carbocycles. The zero-order chi connectivity index (χ0) is 21.9. The lowest BCUT2D eigenvalue weighted by Gasteiger charge is -2.23. The van der Waals surface area contributed by atoms with E-state index >= 15 is 0 Å². The van der Waals surface area contributed by atoms with E-state index in [0.717, 1.165) is 17.4 Å². The van der Waals surface area contributed by atoms with Crippen LogP contribution < -0.4 is 14.2 Å². The van der Waals surface area contributed by atoms with Crippen molar-refractivity contribution in [2.24, 2.45) is 5.10 Å². The van der Waals surface area contributed by atoms with Gasteiger partial charge in [0, 0.05) is 24.1 Å². The van der Waals surface area contributed by atoms with E-state index in [9.17, 15) is 13.2 Å². The molecule has 1 heterocycles. The van der Waals surface area contributed by atoms with E-state index in [1.807, 2.05) is 12.1 Å². The zero-order valence-corrected chi connectivity index (χ0v) is 18.2. The maximum atomic E-state index is 12.6. The van der Waals surface area contributed by atoms with Crippen LogP contribution in [0.5, 0.6) is 11.5 Å². The van der Waals surface area contributed by atoms with Gasteiger partial charge in [0.1, 0.15) is 11.5 Å². The van der Waals surface area contributed by atoms with E-state index in [2.05, 4.69) is 9.82 Å². The van der Waals surface area contributed by atoms with Gasteiger partial charge in [0.05, 0.1) is 32.2 Å². The summed E-state index contributed by atoms with van der Waals surface area (Å²) < 4.78 is 36.5. The predicted molar refractivity (Wildman–Crippen MR) is 115 cm³/mol. The Morgan fingerprint density at radius 3 is 2.60 bits per heavy atom. The number of benzene rings is 2. The van der Waals surface area contributed by atoms with Crippen LogP contribution in [-0.4, -0.2) is 45.5 Å². The van der Waals surface area contributed by atoms with Crippen molar-refractivity contribution in [2.75, 3.05) is 25.2 Å². The Labute approximate surface area is 176 Å². The molecule has 9 heteroatoms. The summed E-state index contributed by atoms with van der Waals surface area (Å²) in [5.74, 6) is 1.17. The van der Waals surface area contributed by atoms with Gasteiger partial charge in [0.2, 0.25) is 15.9 Å². The van der Waals surface area contributed by atoms with Gasteiger partial charge in [-0.25, -0.2) is 13.4 Å². The van der Waals surface area contributed by atoms with Crippen LogP contribution in [0.2, 0.25) is 0 Å². The van der Waals surface area contributed by atoms with Gasteiger partial charge in [-0.05, 0) is 35.9 Å². The third kappa shape index (κ3) is 4.73. The molecule has 2 aromatic carbocycles. The normalized spacial score (nSPS) is 16.2. The molecule has 0 fully saturated rings. The number of amides is 1. The summed E-state index contributed by atoms with van der Waals surface area (Å²) in [6.45, 7) is 1.78. The molecule has 0 spiro atoms. The van der Waals surface area contributed by atoms with Crippen LogP contribution in [0.1, 0.15) is 36.9 Å². The Kier molecular flexibility index (Phi) is 6.31. The van der Waals surface area contributed by atoms with Crippen molar-refractivity contribution in [3.05, 3.63) is 53.6 Å². The first kappa shape index (κ1) is 21.6. The highest BCUT2D eigenvalue weighted by Gasteiger charge is 2.34. The molecule has 0 aliphatic carbocycles. The van der Waals surface area contributed by atoms with Crippen molar-refractivity contribution in [2.45, 2.75) is 25.8 Å². The van der Waals surface area contributed by atoms with E-state index in [4.69, 9.17) is 9.47 Å². The Balaban J connectivity index is 2.01. The van der Waals surface area contributed by atoms with Gasteiger partial charge in [-0.3, -0.25) is 9.52 Å². The lowest BCUT2D eigenvalue weighted by atomic mass is 9.97. The minimum atomic E-state index is -3.40. The van der Waals surface area contributed by atoms with Gasteiger partial charge in [0.15, 0.2) is 0 Å². The number of anilines is 1. The average Bonchev–Trinajstić information content (AvgIpc) is 3.17. The lowest BCUT2D eigenvalue weighted by Crippen LogP contribution is -2.26. The summed E-state index contributed by atoms with van der Waals surface area (Å²) in [6.07, 6.45) is 1.85. The monoisotopic (exact) mass is 431 g/mol. The van der Waals surface area contributed by atoms with Crippen LogP contribution in [0.4, 0.5) is 5.69 Å². The van der Waals surface area contributed by atoms with Crippen molar-refractivity contribution >= 4 is 27.3 Å². The van der Waals surface area contributed by atoms with Crippen LogP contribution in [0.25, 0.3) is 0 Å². The van der Waals surface area contributed by atoms with Gasteiger partial charge in [-0.2, -0.15) is 5.10 Å². The second kappa shape index (κ2) is 8.74. The fraction of sp³-hybridized carbons (Fsp3) is 0.333. The number of hydrogen-bond donors (Lipinski definition) is 1. The van der Waals surface area contributed by atoms with Gasteiger partial charge in [-0.15, -0.1) is 0 Å². The highest BCUT2D eigenvalue weighted by molar-refractivity contribution is 7.92. The fourth-order valence-corrected chi connectivity index (χ4v) is 3.95. The average molecular weight is 432 g/mol. The molecule has 0 bridgehead atoms. The molecule has 1 amide bonds. The highest BCUT2D eigenvalue weighted by Crippen LogP contribution is 2.39.